The van der Waals surface area contributed by atoms with Crippen molar-refractivity contribution in [3.05, 3.63) is 70.0 Å². The molecule has 2 rings (SSSR count). The average Bonchev–Trinajstić information content (AvgIpc) is 2.36. The maximum Gasteiger partial charge on any atom is 0.142 e. The van der Waals surface area contributed by atoms with E-state index in [-0.39, 0.29) is 22.8 Å². The van der Waals surface area contributed by atoms with Gasteiger partial charge in [0, 0.05) is 5.56 Å². The summed E-state index contributed by atoms with van der Waals surface area (Å²) >= 11 is 11.5. The van der Waals surface area contributed by atoms with E-state index in [9.17, 15) is 13.2 Å². The predicted molar refractivity (Wildman–Crippen MR) is 70.1 cm³/mol. The van der Waals surface area contributed by atoms with Crippen molar-refractivity contribution in [2.24, 2.45) is 0 Å². The molecule has 2 aromatic carbocycles. The third-order valence-electron chi connectivity index (χ3n) is 2.71. The van der Waals surface area contributed by atoms with Crippen molar-refractivity contribution in [2.45, 2.75) is 11.8 Å². The Morgan fingerprint density at radius 1 is 0.947 bits per heavy atom. The first-order valence-corrected chi connectivity index (χ1v) is 6.32. The van der Waals surface area contributed by atoms with Gasteiger partial charge in [0.1, 0.15) is 17.5 Å². The van der Waals surface area contributed by atoms with E-state index in [1.807, 2.05) is 0 Å². The van der Waals surface area contributed by atoms with Gasteiger partial charge in [-0.05, 0) is 36.2 Å². The molecule has 0 saturated heterocycles. The van der Waals surface area contributed by atoms with Crippen LogP contribution >= 0.6 is 23.2 Å². The minimum Gasteiger partial charge on any atom is -0.207 e. The smallest absolute Gasteiger partial charge is 0.142 e. The predicted octanol–water partition coefficient (Wildman–Crippen LogP) is 5.28. The maximum atomic E-state index is 13.7. The van der Waals surface area contributed by atoms with Crippen LogP contribution in [0.4, 0.5) is 13.2 Å². The molecule has 0 nitrogen and oxygen atoms in total. The fourth-order valence-electron chi connectivity index (χ4n) is 1.72. The van der Waals surface area contributed by atoms with Gasteiger partial charge in [-0.2, -0.15) is 0 Å². The van der Waals surface area contributed by atoms with E-state index in [1.54, 1.807) is 12.1 Å². The fraction of sp³-hybridized carbons (Fsp3) is 0.143. The first kappa shape index (κ1) is 14.2. The third kappa shape index (κ3) is 3.43. The molecule has 1 unspecified atom stereocenters. The van der Waals surface area contributed by atoms with Crippen molar-refractivity contribution in [1.29, 1.82) is 0 Å². The normalized spacial score (nSPS) is 12.5. The quantitative estimate of drug-likeness (QED) is 0.534. The van der Waals surface area contributed by atoms with Crippen molar-refractivity contribution < 1.29 is 13.2 Å². The lowest BCUT2D eigenvalue weighted by molar-refractivity contribution is 0.582. The molecule has 0 amide bonds. The van der Waals surface area contributed by atoms with Crippen LogP contribution in [0.15, 0.2) is 36.4 Å². The lowest BCUT2D eigenvalue weighted by Crippen LogP contribution is -2.00. The SMILES string of the molecule is Fc1ccc(CC(Cl)c2cc(F)c(Cl)cc2F)cc1. The van der Waals surface area contributed by atoms with Crippen molar-refractivity contribution in [3.8, 4) is 0 Å². The standard InChI is InChI=1S/C14H9Cl2F3/c15-11(5-8-1-3-9(17)4-2-8)10-6-14(19)12(16)7-13(10)18/h1-4,6-7,11H,5H2. The van der Waals surface area contributed by atoms with E-state index in [1.165, 1.54) is 12.1 Å². The summed E-state index contributed by atoms with van der Waals surface area (Å²) in [5.74, 6) is -1.74. The second kappa shape index (κ2) is 5.85. The van der Waals surface area contributed by atoms with Gasteiger partial charge in [0.15, 0.2) is 0 Å². The zero-order valence-electron chi connectivity index (χ0n) is 9.64. The number of halogens is 5. The Kier molecular flexibility index (Phi) is 4.38. The molecule has 0 bridgehead atoms. The van der Waals surface area contributed by atoms with E-state index in [0.717, 1.165) is 17.7 Å². The van der Waals surface area contributed by atoms with Crippen LogP contribution in [-0.2, 0) is 6.42 Å². The lowest BCUT2D eigenvalue weighted by Gasteiger charge is -2.12. The number of alkyl halides is 1. The summed E-state index contributed by atoms with van der Waals surface area (Å²) in [6.07, 6.45) is 0.264. The third-order valence-corrected chi connectivity index (χ3v) is 3.38. The van der Waals surface area contributed by atoms with Crippen molar-refractivity contribution >= 4 is 23.2 Å². The number of hydrogen-bond acceptors (Lipinski definition) is 0. The van der Waals surface area contributed by atoms with E-state index in [2.05, 4.69) is 0 Å². The Morgan fingerprint density at radius 3 is 2.21 bits per heavy atom. The molecule has 0 fully saturated rings. The molecule has 0 aliphatic rings. The molecule has 100 valence electrons. The fourth-order valence-corrected chi connectivity index (χ4v) is 2.21. The molecular formula is C14H9Cl2F3. The Hall–Kier alpha value is -1.19. The molecule has 1 atom stereocenters. The van der Waals surface area contributed by atoms with Gasteiger partial charge in [-0.25, -0.2) is 13.2 Å². The molecule has 0 aliphatic carbocycles. The highest BCUT2D eigenvalue weighted by Crippen LogP contribution is 2.30. The van der Waals surface area contributed by atoms with Gasteiger partial charge in [-0.15, -0.1) is 11.6 Å². The second-order valence-corrected chi connectivity index (χ2v) is 5.02. The molecule has 0 heterocycles. The van der Waals surface area contributed by atoms with Crippen LogP contribution in [0.3, 0.4) is 0 Å². The molecule has 2 aromatic rings. The highest BCUT2D eigenvalue weighted by atomic mass is 35.5. The Labute approximate surface area is 118 Å². The van der Waals surface area contributed by atoms with E-state index in [0.29, 0.717) is 0 Å². The van der Waals surface area contributed by atoms with Gasteiger partial charge < -0.3 is 0 Å². The highest BCUT2D eigenvalue weighted by molar-refractivity contribution is 6.30. The summed E-state index contributed by atoms with van der Waals surface area (Å²) in [6.45, 7) is 0. The van der Waals surface area contributed by atoms with Gasteiger partial charge in [0.2, 0.25) is 0 Å². The molecule has 0 saturated carbocycles. The first-order valence-electron chi connectivity index (χ1n) is 5.50. The van der Waals surface area contributed by atoms with Crippen LogP contribution in [0, 0.1) is 17.5 Å². The Bertz CT molecular complexity index is 582. The van der Waals surface area contributed by atoms with Gasteiger partial charge in [0.05, 0.1) is 10.4 Å². The maximum absolute atomic E-state index is 13.7. The number of hydrogen-bond donors (Lipinski definition) is 0. The molecule has 0 N–H and O–H groups in total. The van der Waals surface area contributed by atoms with Gasteiger partial charge in [-0.3, -0.25) is 0 Å². The van der Waals surface area contributed by atoms with Crippen LogP contribution in [0.25, 0.3) is 0 Å². The van der Waals surface area contributed by atoms with Gasteiger partial charge in [-0.1, -0.05) is 23.7 Å². The molecule has 5 heteroatoms. The van der Waals surface area contributed by atoms with Gasteiger partial charge >= 0.3 is 0 Å². The summed E-state index contributed by atoms with van der Waals surface area (Å²) in [4.78, 5) is 0. The van der Waals surface area contributed by atoms with E-state index in [4.69, 9.17) is 23.2 Å². The molecular weight excluding hydrogens is 296 g/mol. The van der Waals surface area contributed by atoms with Gasteiger partial charge in [0.25, 0.3) is 0 Å². The minimum atomic E-state index is -0.753. The van der Waals surface area contributed by atoms with E-state index >= 15 is 0 Å². The lowest BCUT2D eigenvalue weighted by atomic mass is 10.0. The number of benzene rings is 2. The summed E-state index contributed by atoms with van der Waals surface area (Å²) < 4.78 is 39.7. The molecule has 0 spiro atoms. The summed E-state index contributed by atoms with van der Waals surface area (Å²) in [7, 11) is 0. The second-order valence-electron chi connectivity index (χ2n) is 4.09. The average molecular weight is 305 g/mol. The van der Waals surface area contributed by atoms with E-state index < -0.39 is 17.0 Å². The largest absolute Gasteiger partial charge is 0.207 e. The van der Waals surface area contributed by atoms with Crippen LogP contribution in [0.5, 0.6) is 0 Å². The zero-order chi connectivity index (χ0) is 14.0. The van der Waals surface area contributed by atoms with Crippen LogP contribution in [-0.4, -0.2) is 0 Å². The van der Waals surface area contributed by atoms with Crippen LogP contribution in [0.1, 0.15) is 16.5 Å². The highest BCUT2D eigenvalue weighted by Gasteiger charge is 2.16. The summed E-state index contributed by atoms with van der Waals surface area (Å²) in [6, 6.07) is 7.56. The Morgan fingerprint density at radius 2 is 1.58 bits per heavy atom. The first-order chi connectivity index (χ1) is 8.97. The van der Waals surface area contributed by atoms with Crippen molar-refractivity contribution in [3.63, 3.8) is 0 Å². The molecule has 0 aromatic heterocycles. The zero-order valence-corrected chi connectivity index (χ0v) is 11.2. The van der Waals surface area contributed by atoms with Crippen LogP contribution < -0.4 is 0 Å². The topological polar surface area (TPSA) is 0 Å². The molecule has 0 radical (unpaired) electrons. The molecule has 19 heavy (non-hydrogen) atoms. The summed E-state index contributed by atoms with van der Waals surface area (Å²) in [5.41, 5.74) is 0.768. The van der Waals surface area contributed by atoms with Crippen molar-refractivity contribution in [2.75, 3.05) is 0 Å². The molecule has 0 aliphatic heterocycles. The monoisotopic (exact) mass is 304 g/mol. The van der Waals surface area contributed by atoms with Crippen molar-refractivity contribution in [1.82, 2.24) is 0 Å². The number of rotatable bonds is 3. The summed E-state index contributed by atoms with van der Waals surface area (Å²) in [5, 5.41) is -1.04. The van der Waals surface area contributed by atoms with Crippen LogP contribution in [0.2, 0.25) is 5.02 Å². The minimum absolute atomic E-state index is 0.0351. The Balaban J connectivity index is 2.22.